The number of piperazine rings is 1. The van der Waals surface area contributed by atoms with E-state index in [1.807, 2.05) is 61.3 Å². The first kappa shape index (κ1) is 22.6. The molecule has 1 fully saturated rings. The zero-order chi connectivity index (χ0) is 24.5. The molecule has 0 atom stereocenters. The summed E-state index contributed by atoms with van der Waals surface area (Å²) in [5.41, 5.74) is 4.29. The fourth-order valence-corrected chi connectivity index (χ4v) is 4.59. The molecule has 178 valence electrons. The van der Waals surface area contributed by atoms with Gasteiger partial charge in [-0.2, -0.15) is 5.10 Å². The number of ether oxygens (including phenoxy) is 1. The van der Waals surface area contributed by atoms with Crippen molar-refractivity contribution >= 4 is 22.8 Å². The van der Waals surface area contributed by atoms with Gasteiger partial charge >= 0.3 is 0 Å². The van der Waals surface area contributed by atoms with Gasteiger partial charge in [0.1, 0.15) is 5.75 Å². The first-order valence-corrected chi connectivity index (χ1v) is 11.6. The van der Waals surface area contributed by atoms with Crippen LogP contribution in [-0.4, -0.2) is 69.7 Å². The van der Waals surface area contributed by atoms with Crippen LogP contribution in [0.1, 0.15) is 26.4 Å². The van der Waals surface area contributed by atoms with Gasteiger partial charge in [-0.25, -0.2) is 4.98 Å². The minimum atomic E-state index is -0.0702. The van der Waals surface area contributed by atoms with Gasteiger partial charge in [-0.05, 0) is 31.2 Å². The Labute approximate surface area is 203 Å². The Morgan fingerprint density at radius 1 is 0.886 bits per heavy atom. The lowest BCUT2D eigenvalue weighted by atomic mass is 10.0. The van der Waals surface area contributed by atoms with Crippen LogP contribution in [0.5, 0.6) is 5.75 Å². The van der Waals surface area contributed by atoms with Crippen LogP contribution >= 0.6 is 0 Å². The van der Waals surface area contributed by atoms with E-state index >= 15 is 0 Å². The molecule has 1 saturated heterocycles. The zero-order valence-electron chi connectivity index (χ0n) is 20.1. The Morgan fingerprint density at radius 2 is 1.57 bits per heavy atom. The molecule has 0 aliphatic carbocycles. The Morgan fingerprint density at radius 3 is 2.26 bits per heavy atom. The van der Waals surface area contributed by atoms with Crippen molar-refractivity contribution in [3.05, 3.63) is 77.5 Å². The van der Waals surface area contributed by atoms with E-state index in [1.54, 1.807) is 34.9 Å². The number of benzene rings is 2. The lowest BCUT2D eigenvalue weighted by Gasteiger charge is -2.35. The molecule has 0 N–H and O–H groups in total. The predicted molar refractivity (Wildman–Crippen MR) is 133 cm³/mol. The molecule has 2 aromatic carbocycles. The van der Waals surface area contributed by atoms with Crippen LogP contribution in [0, 0.1) is 6.92 Å². The molecule has 2 amide bonds. The number of aryl methyl sites for hydroxylation is 2. The van der Waals surface area contributed by atoms with Gasteiger partial charge in [-0.1, -0.05) is 36.4 Å². The van der Waals surface area contributed by atoms with Crippen LogP contribution in [-0.2, 0) is 7.05 Å². The average molecular weight is 470 g/mol. The van der Waals surface area contributed by atoms with Crippen molar-refractivity contribution in [3.63, 3.8) is 0 Å². The van der Waals surface area contributed by atoms with Crippen molar-refractivity contribution < 1.29 is 14.3 Å². The minimum absolute atomic E-state index is 0.0585. The molecule has 0 spiro atoms. The zero-order valence-corrected chi connectivity index (χ0v) is 20.1. The van der Waals surface area contributed by atoms with Gasteiger partial charge in [0.2, 0.25) is 0 Å². The maximum atomic E-state index is 13.7. The smallest absolute Gasteiger partial charge is 0.254 e. The van der Waals surface area contributed by atoms with E-state index in [9.17, 15) is 9.59 Å². The monoisotopic (exact) mass is 469 g/mol. The molecule has 2 aromatic heterocycles. The highest BCUT2D eigenvalue weighted by Gasteiger charge is 2.28. The summed E-state index contributed by atoms with van der Waals surface area (Å²) in [7, 11) is 3.42. The van der Waals surface area contributed by atoms with Crippen molar-refractivity contribution in [1.82, 2.24) is 24.6 Å². The van der Waals surface area contributed by atoms with E-state index in [2.05, 4.69) is 5.10 Å². The number of amides is 2. The molecule has 8 nitrogen and oxygen atoms in total. The van der Waals surface area contributed by atoms with Gasteiger partial charge in [-0.3, -0.25) is 14.3 Å². The van der Waals surface area contributed by atoms with Crippen LogP contribution in [0.3, 0.4) is 0 Å². The Kier molecular flexibility index (Phi) is 5.94. The highest BCUT2D eigenvalue weighted by atomic mass is 16.5. The summed E-state index contributed by atoms with van der Waals surface area (Å²) >= 11 is 0. The van der Waals surface area contributed by atoms with Gasteiger partial charge in [0.15, 0.2) is 5.65 Å². The van der Waals surface area contributed by atoms with Gasteiger partial charge in [-0.15, -0.1) is 0 Å². The molecule has 0 unspecified atom stereocenters. The second kappa shape index (κ2) is 9.21. The van der Waals surface area contributed by atoms with Crippen molar-refractivity contribution in [2.45, 2.75) is 6.92 Å². The van der Waals surface area contributed by atoms with E-state index in [4.69, 9.17) is 9.72 Å². The number of aromatic nitrogens is 3. The standard InChI is InChI=1S/C27H27N5O3/c1-18-24-22(17-23(19-8-5-4-6-9-19)28-25(24)30(2)29-18)27(34)32-14-12-31(13-15-32)26(33)20-10-7-11-21(16-20)35-3/h4-11,16-17H,12-15H2,1-3H3. The summed E-state index contributed by atoms with van der Waals surface area (Å²) in [4.78, 5) is 35.1. The molecule has 0 bridgehead atoms. The molecular weight excluding hydrogens is 442 g/mol. The predicted octanol–water partition coefficient (Wildman–Crippen LogP) is 3.55. The fraction of sp³-hybridized carbons (Fsp3) is 0.259. The minimum Gasteiger partial charge on any atom is -0.497 e. The third-order valence-electron chi connectivity index (χ3n) is 6.44. The van der Waals surface area contributed by atoms with Crippen LogP contribution in [0.2, 0.25) is 0 Å². The lowest BCUT2D eigenvalue weighted by molar-refractivity contribution is 0.0536. The van der Waals surface area contributed by atoms with E-state index in [0.29, 0.717) is 48.7 Å². The molecular formula is C27H27N5O3. The van der Waals surface area contributed by atoms with Crippen LogP contribution < -0.4 is 4.74 Å². The number of carbonyl (C=O) groups excluding carboxylic acids is 2. The lowest BCUT2D eigenvalue weighted by Crippen LogP contribution is -2.50. The average Bonchev–Trinajstić information content (AvgIpc) is 3.21. The normalized spacial score (nSPS) is 13.8. The Balaban J connectivity index is 1.40. The number of methoxy groups -OCH3 is 1. The van der Waals surface area contributed by atoms with Gasteiger partial charge in [0.25, 0.3) is 11.8 Å². The molecule has 1 aliphatic rings. The molecule has 35 heavy (non-hydrogen) atoms. The van der Waals surface area contributed by atoms with Crippen molar-refractivity contribution in [2.24, 2.45) is 7.05 Å². The number of nitrogens with zero attached hydrogens (tertiary/aromatic N) is 5. The summed E-state index contributed by atoms with van der Waals surface area (Å²) in [6.45, 7) is 3.74. The maximum absolute atomic E-state index is 13.7. The topological polar surface area (TPSA) is 80.6 Å². The molecule has 3 heterocycles. The van der Waals surface area contributed by atoms with Gasteiger partial charge < -0.3 is 14.5 Å². The second-order valence-electron chi connectivity index (χ2n) is 8.65. The SMILES string of the molecule is COc1cccc(C(=O)N2CCN(C(=O)c3cc(-c4ccccc4)nc4c3c(C)nn4C)CC2)c1. The number of fused-ring (bicyclic) bond motifs is 1. The van der Waals surface area contributed by atoms with E-state index in [1.165, 1.54) is 0 Å². The maximum Gasteiger partial charge on any atom is 0.254 e. The molecule has 1 aliphatic heterocycles. The van der Waals surface area contributed by atoms with Crippen LogP contribution in [0.25, 0.3) is 22.3 Å². The second-order valence-corrected chi connectivity index (χ2v) is 8.65. The number of pyridine rings is 1. The number of carbonyl (C=O) groups is 2. The van der Waals surface area contributed by atoms with Crippen molar-refractivity contribution in [2.75, 3.05) is 33.3 Å². The Hall–Kier alpha value is -4.20. The highest BCUT2D eigenvalue weighted by molar-refractivity contribution is 6.07. The number of hydrogen-bond donors (Lipinski definition) is 0. The summed E-state index contributed by atoms with van der Waals surface area (Å²) in [6, 6.07) is 18.8. The first-order chi connectivity index (χ1) is 17.0. The Bertz CT molecular complexity index is 1410. The molecule has 5 rings (SSSR count). The molecule has 0 radical (unpaired) electrons. The largest absolute Gasteiger partial charge is 0.497 e. The van der Waals surface area contributed by atoms with Crippen LogP contribution in [0.15, 0.2) is 60.7 Å². The summed E-state index contributed by atoms with van der Waals surface area (Å²) < 4.78 is 6.96. The third kappa shape index (κ3) is 4.23. The first-order valence-electron chi connectivity index (χ1n) is 11.6. The van der Waals surface area contributed by atoms with Gasteiger partial charge in [0.05, 0.1) is 29.4 Å². The van der Waals surface area contributed by atoms with Crippen LogP contribution in [0.4, 0.5) is 0 Å². The van der Waals surface area contributed by atoms with E-state index in [-0.39, 0.29) is 11.8 Å². The van der Waals surface area contributed by atoms with Crippen molar-refractivity contribution in [1.29, 1.82) is 0 Å². The summed E-state index contributed by atoms with van der Waals surface area (Å²) in [5.74, 6) is 0.517. The van der Waals surface area contributed by atoms with Crippen molar-refractivity contribution in [3.8, 4) is 17.0 Å². The fourth-order valence-electron chi connectivity index (χ4n) is 4.59. The van der Waals surface area contributed by atoms with E-state index in [0.717, 1.165) is 22.3 Å². The summed E-state index contributed by atoms with van der Waals surface area (Å²) in [5, 5.41) is 5.29. The quantitative estimate of drug-likeness (QED) is 0.457. The molecule has 4 aromatic rings. The summed E-state index contributed by atoms with van der Waals surface area (Å²) in [6.07, 6.45) is 0. The number of rotatable bonds is 4. The molecule has 8 heteroatoms. The number of hydrogen-bond acceptors (Lipinski definition) is 5. The van der Waals surface area contributed by atoms with E-state index < -0.39 is 0 Å². The third-order valence-corrected chi connectivity index (χ3v) is 6.44. The highest BCUT2D eigenvalue weighted by Crippen LogP contribution is 2.28. The molecule has 0 saturated carbocycles. The van der Waals surface area contributed by atoms with Gasteiger partial charge in [0, 0.05) is 44.4 Å².